The summed E-state index contributed by atoms with van der Waals surface area (Å²) in [6.07, 6.45) is 3.00. The quantitative estimate of drug-likeness (QED) is 0.800. The van der Waals surface area contributed by atoms with Crippen molar-refractivity contribution in [1.82, 2.24) is 0 Å². The molecule has 0 saturated carbocycles. The summed E-state index contributed by atoms with van der Waals surface area (Å²) in [6.45, 7) is 0. The molecule has 0 atom stereocenters. The van der Waals surface area contributed by atoms with Crippen LogP contribution in [0.5, 0.6) is 0 Å². The van der Waals surface area contributed by atoms with Gasteiger partial charge in [-0.3, -0.25) is 4.79 Å². The van der Waals surface area contributed by atoms with Crippen LogP contribution in [-0.2, 0) is 12.8 Å². The van der Waals surface area contributed by atoms with Crippen molar-refractivity contribution in [2.75, 3.05) is 11.1 Å². The van der Waals surface area contributed by atoms with Gasteiger partial charge in [0.05, 0.1) is 11.1 Å². The van der Waals surface area contributed by atoms with Crippen LogP contribution < -0.4 is 11.1 Å². The Labute approximate surface area is 134 Å². The van der Waals surface area contributed by atoms with Crippen molar-refractivity contribution >= 4 is 43.9 Å². The van der Waals surface area contributed by atoms with Gasteiger partial charge < -0.3 is 11.1 Å². The van der Waals surface area contributed by atoms with Gasteiger partial charge in [-0.05, 0) is 43.0 Å². The number of thiophene rings is 1. The van der Waals surface area contributed by atoms with Gasteiger partial charge in [-0.25, -0.2) is 0 Å². The molecule has 1 aliphatic carbocycles. The highest BCUT2D eigenvalue weighted by atomic mass is 79.9. The molecule has 4 nitrogen and oxygen atoms in total. The molecule has 6 heteroatoms. The molecule has 0 radical (unpaired) electrons. The van der Waals surface area contributed by atoms with Crippen molar-refractivity contribution in [2.24, 2.45) is 0 Å². The highest BCUT2D eigenvalue weighted by molar-refractivity contribution is 9.10. The van der Waals surface area contributed by atoms with E-state index < -0.39 is 0 Å². The smallest absolute Gasteiger partial charge is 0.258 e. The Morgan fingerprint density at radius 3 is 3.00 bits per heavy atom. The minimum atomic E-state index is -0.287. The molecule has 2 aromatic rings. The first kappa shape index (κ1) is 14.1. The number of amides is 1. The summed E-state index contributed by atoms with van der Waals surface area (Å²) in [4.78, 5) is 13.6. The SMILES string of the molecule is N#Cc1c(NC(=O)c2cc(Br)ccc2N)sc2c1CCC2. The third-order valence-corrected chi connectivity index (χ3v) is 5.22. The number of benzene rings is 1. The highest BCUT2D eigenvalue weighted by Crippen LogP contribution is 2.38. The average Bonchev–Trinajstić information content (AvgIpc) is 3.01. The maximum atomic E-state index is 12.4. The fourth-order valence-corrected chi connectivity index (χ4v) is 4.10. The van der Waals surface area contributed by atoms with Crippen molar-refractivity contribution in [1.29, 1.82) is 5.26 Å². The van der Waals surface area contributed by atoms with Gasteiger partial charge in [0.25, 0.3) is 5.91 Å². The third kappa shape index (κ3) is 2.55. The number of nitrogens with zero attached hydrogens (tertiary/aromatic N) is 1. The van der Waals surface area contributed by atoms with Crippen LogP contribution in [0, 0.1) is 11.3 Å². The number of halogens is 1. The predicted molar refractivity (Wildman–Crippen MR) is 87.6 cm³/mol. The molecule has 0 aliphatic heterocycles. The summed E-state index contributed by atoms with van der Waals surface area (Å²) in [5, 5.41) is 12.8. The number of hydrogen-bond acceptors (Lipinski definition) is 4. The molecule has 1 aromatic carbocycles. The lowest BCUT2D eigenvalue weighted by Gasteiger charge is -2.07. The highest BCUT2D eigenvalue weighted by Gasteiger charge is 2.23. The Morgan fingerprint density at radius 2 is 2.24 bits per heavy atom. The van der Waals surface area contributed by atoms with Crippen LogP contribution in [0.15, 0.2) is 22.7 Å². The summed E-state index contributed by atoms with van der Waals surface area (Å²) in [5.41, 5.74) is 8.37. The lowest BCUT2D eigenvalue weighted by atomic mass is 10.1. The molecule has 1 heterocycles. The summed E-state index contributed by atoms with van der Waals surface area (Å²) in [6, 6.07) is 7.36. The number of nitrogen functional groups attached to an aromatic ring is 1. The summed E-state index contributed by atoms with van der Waals surface area (Å²) < 4.78 is 0.788. The summed E-state index contributed by atoms with van der Waals surface area (Å²) in [5.74, 6) is -0.287. The summed E-state index contributed by atoms with van der Waals surface area (Å²) in [7, 11) is 0. The number of anilines is 2. The lowest BCUT2D eigenvalue weighted by Crippen LogP contribution is -2.14. The molecule has 1 aliphatic rings. The second-order valence-electron chi connectivity index (χ2n) is 4.86. The van der Waals surface area contributed by atoms with E-state index in [-0.39, 0.29) is 5.91 Å². The second kappa shape index (κ2) is 5.51. The molecule has 21 heavy (non-hydrogen) atoms. The summed E-state index contributed by atoms with van der Waals surface area (Å²) >= 11 is 4.83. The van der Waals surface area contributed by atoms with Crippen LogP contribution in [0.1, 0.15) is 32.8 Å². The molecule has 0 fully saturated rings. The molecule has 1 aromatic heterocycles. The topological polar surface area (TPSA) is 78.9 Å². The molecule has 3 N–H and O–H groups in total. The maximum absolute atomic E-state index is 12.4. The van der Waals surface area contributed by atoms with Crippen molar-refractivity contribution < 1.29 is 4.79 Å². The van der Waals surface area contributed by atoms with E-state index >= 15 is 0 Å². The molecule has 0 spiro atoms. The molecular formula is C15H12BrN3OS. The van der Waals surface area contributed by atoms with Gasteiger partial charge in [-0.2, -0.15) is 5.26 Å². The average molecular weight is 362 g/mol. The number of carbonyl (C=O) groups is 1. The fourth-order valence-electron chi connectivity index (χ4n) is 2.51. The minimum absolute atomic E-state index is 0.287. The zero-order chi connectivity index (χ0) is 15.0. The van der Waals surface area contributed by atoms with E-state index in [0.717, 1.165) is 29.3 Å². The van der Waals surface area contributed by atoms with Crippen LogP contribution in [0.2, 0.25) is 0 Å². The van der Waals surface area contributed by atoms with E-state index in [2.05, 4.69) is 27.3 Å². The van der Waals surface area contributed by atoms with E-state index in [1.807, 2.05) is 0 Å². The first-order chi connectivity index (χ1) is 10.1. The largest absolute Gasteiger partial charge is 0.398 e. The second-order valence-corrected chi connectivity index (χ2v) is 6.88. The van der Waals surface area contributed by atoms with Crippen molar-refractivity contribution in [3.63, 3.8) is 0 Å². The molecular weight excluding hydrogens is 350 g/mol. The van der Waals surface area contributed by atoms with Gasteiger partial charge in [-0.1, -0.05) is 15.9 Å². The zero-order valence-electron chi connectivity index (χ0n) is 11.1. The van der Waals surface area contributed by atoms with Crippen LogP contribution in [0.25, 0.3) is 0 Å². The number of hydrogen-bond donors (Lipinski definition) is 2. The predicted octanol–water partition coefficient (Wildman–Crippen LogP) is 3.71. The first-order valence-electron chi connectivity index (χ1n) is 6.51. The third-order valence-electron chi connectivity index (χ3n) is 3.52. The van der Waals surface area contributed by atoms with Crippen LogP contribution in [0.4, 0.5) is 10.7 Å². The minimum Gasteiger partial charge on any atom is -0.398 e. The Bertz CT molecular complexity index is 776. The Balaban J connectivity index is 1.92. The number of fused-ring (bicyclic) bond motifs is 1. The molecule has 0 saturated heterocycles. The first-order valence-corrected chi connectivity index (χ1v) is 8.12. The van der Waals surface area contributed by atoms with E-state index in [0.29, 0.717) is 21.8 Å². The standard InChI is InChI=1S/C15H12BrN3OS/c16-8-4-5-12(18)10(6-8)14(20)19-15-11(7-17)9-2-1-3-13(9)21-15/h4-6H,1-3,18H2,(H,19,20). The maximum Gasteiger partial charge on any atom is 0.258 e. The molecule has 0 unspecified atom stereocenters. The van der Waals surface area contributed by atoms with Gasteiger partial charge in [0.15, 0.2) is 0 Å². The van der Waals surface area contributed by atoms with Gasteiger partial charge in [0.2, 0.25) is 0 Å². The molecule has 106 valence electrons. The van der Waals surface area contributed by atoms with Crippen LogP contribution in [0.3, 0.4) is 0 Å². The van der Waals surface area contributed by atoms with E-state index in [1.165, 1.54) is 16.2 Å². The van der Waals surface area contributed by atoms with E-state index in [9.17, 15) is 10.1 Å². The number of rotatable bonds is 2. The Kier molecular flexibility index (Phi) is 3.70. The van der Waals surface area contributed by atoms with Gasteiger partial charge in [-0.15, -0.1) is 11.3 Å². The number of aryl methyl sites for hydroxylation is 1. The van der Waals surface area contributed by atoms with Gasteiger partial charge in [0, 0.05) is 15.0 Å². The Hall–Kier alpha value is -1.84. The molecule has 1 amide bonds. The number of nitrogens with two attached hydrogens (primary N) is 1. The number of carbonyl (C=O) groups excluding carboxylic acids is 1. The van der Waals surface area contributed by atoms with Crippen molar-refractivity contribution in [2.45, 2.75) is 19.3 Å². The Morgan fingerprint density at radius 1 is 1.43 bits per heavy atom. The zero-order valence-corrected chi connectivity index (χ0v) is 13.5. The van der Waals surface area contributed by atoms with Crippen molar-refractivity contribution in [3.05, 3.63) is 44.2 Å². The van der Waals surface area contributed by atoms with Gasteiger partial charge >= 0.3 is 0 Å². The van der Waals surface area contributed by atoms with Crippen LogP contribution in [-0.4, -0.2) is 5.91 Å². The van der Waals surface area contributed by atoms with Crippen LogP contribution >= 0.6 is 27.3 Å². The monoisotopic (exact) mass is 361 g/mol. The van der Waals surface area contributed by atoms with E-state index in [1.54, 1.807) is 18.2 Å². The van der Waals surface area contributed by atoms with Gasteiger partial charge in [0.1, 0.15) is 11.1 Å². The number of nitrogens with one attached hydrogen (secondary N) is 1. The fraction of sp³-hybridized carbons (Fsp3) is 0.200. The lowest BCUT2D eigenvalue weighted by molar-refractivity contribution is 0.102. The number of nitriles is 1. The van der Waals surface area contributed by atoms with E-state index in [4.69, 9.17) is 5.73 Å². The normalized spacial score (nSPS) is 12.8. The van der Waals surface area contributed by atoms with Crippen molar-refractivity contribution in [3.8, 4) is 6.07 Å². The molecule has 0 bridgehead atoms. The molecule has 3 rings (SSSR count).